The molecule has 37 heavy (non-hydrogen) atoms. The highest BCUT2D eigenvalue weighted by Gasteiger charge is 2.42. The van der Waals surface area contributed by atoms with Gasteiger partial charge in [-0.05, 0) is 42.0 Å². The molecule has 10 heteroatoms. The summed E-state index contributed by atoms with van der Waals surface area (Å²) in [4.78, 5) is 40.9. The Balaban J connectivity index is 1.39. The molecule has 0 aliphatic carbocycles. The van der Waals surface area contributed by atoms with Gasteiger partial charge in [0.1, 0.15) is 6.04 Å². The van der Waals surface area contributed by atoms with E-state index in [9.17, 15) is 22.8 Å². The third-order valence-corrected chi connectivity index (χ3v) is 8.35. The van der Waals surface area contributed by atoms with Crippen molar-refractivity contribution in [3.05, 3.63) is 95.6 Å². The van der Waals surface area contributed by atoms with Crippen LogP contribution >= 0.6 is 0 Å². The summed E-state index contributed by atoms with van der Waals surface area (Å²) in [5.41, 5.74) is 1.65. The Labute approximate surface area is 214 Å². The maximum atomic E-state index is 13.5. The molecule has 3 amide bonds. The van der Waals surface area contributed by atoms with E-state index in [1.54, 1.807) is 24.3 Å². The molecule has 0 aromatic heterocycles. The van der Waals surface area contributed by atoms with Crippen LogP contribution in [0.5, 0.6) is 0 Å². The van der Waals surface area contributed by atoms with E-state index >= 15 is 0 Å². The summed E-state index contributed by atoms with van der Waals surface area (Å²) in [6.07, 6.45) is 0.127. The summed E-state index contributed by atoms with van der Waals surface area (Å²) < 4.78 is 32.4. The number of nitrogens with zero attached hydrogens (tertiary/aromatic N) is 2. The molecule has 0 radical (unpaired) electrons. The fraction of sp³-hybridized carbons (Fsp3) is 0.222. The van der Waals surface area contributed by atoms with Crippen LogP contribution in [0.1, 0.15) is 26.3 Å². The molecular weight excluding hydrogens is 494 g/mol. The van der Waals surface area contributed by atoms with Crippen LogP contribution in [0, 0.1) is 0 Å². The zero-order valence-corrected chi connectivity index (χ0v) is 20.7. The van der Waals surface area contributed by atoms with E-state index in [0.717, 1.165) is 10.5 Å². The number of benzene rings is 3. The first-order chi connectivity index (χ1) is 17.9. The number of hydrogen-bond donors (Lipinski definition) is 1. The maximum absolute atomic E-state index is 13.5. The summed E-state index contributed by atoms with van der Waals surface area (Å²) in [6, 6.07) is 20.3. The largest absolute Gasteiger partial charge is 0.379 e. The molecular formula is C27H25N3O6S. The van der Waals surface area contributed by atoms with Crippen LogP contribution in [-0.4, -0.2) is 67.7 Å². The summed E-state index contributed by atoms with van der Waals surface area (Å²) in [5, 5.41) is 2.75. The van der Waals surface area contributed by atoms with Crippen molar-refractivity contribution >= 4 is 33.4 Å². The van der Waals surface area contributed by atoms with Gasteiger partial charge in [0.15, 0.2) is 0 Å². The molecule has 5 rings (SSSR count). The van der Waals surface area contributed by atoms with Crippen LogP contribution < -0.4 is 5.32 Å². The van der Waals surface area contributed by atoms with Crippen LogP contribution in [-0.2, 0) is 26.0 Å². The standard InChI is InChI=1S/C27H25N3O6S/c31-25(28-20-10-12-21(13-11-20)37(34,35)29-14-16-36-17-15-29)24(18-19-6-2-1-3-7-19)30-26(32)22-8-4-5-9-23(22)27(30)33/h1-13,24H,14-18H2,(H,28,31). The Hall–Kier alpha value is -3.86. The molecule has 0 saturated carbocycles. The van der Waals surface area contributed by atoms with E-state index in [-0.39, 0.29) is 35.5 Å². The highest BCUT2D eigenvalue weighted by molar-refractivity contribution is 7.89. The highest BCUT2D eigenvalue weighted by Crippen LogP contribution is 2.27. The van der Waals surface area contributed by atoms with Crippen LogP contribution in [0.15, 0.2) is 83.8 Å². The van der Waals surface area contributed by atoms with Gasteiger partial charge in [0.2, 0.25) is 15.9 Å². The highest BCUT2D eigenvalue weighted by atomic mass is 32.2. The first kappa shape index (κ1) is 24.8. The molecule has 2 aliphatic rings. The van der Waals surface area contributed by atoms with Crippen LogP contribution in [0.25, 0.3) is 0 Å². The van der Waals surface area contributed by atoms with Crippen LogP contribution in [0.2, 0.25) is 0 Å². The van der Waals surface area contributed by atoms with Crippen molar-refractivity contribution in [1.82, 2.24) is 9.21 Å². The quantitative estimate of drug-likeness (QED) is 0.480. The Morgan fingerprint density at radius 2 is 1.41 bits per heavy atom. The number of hydrogen-bond acceptors (Lipinski definition) is 6. The third-order valence-electron chi connectivity index (χ3n) is 6.44. The average molecular weight is 520 g/mol. The number of sulfonamides is 1. The zero-order valence-electron chi connectivity index (χ0n) is 19.9. The van der Waals surface area contributed by atoms with Gasteiger partial charge in [-0.1, -0.05) is 42.5 Å². The fourth-order valence-corrected chi connectivity index (χ4v) is 5.91. The SMILES string of the molecule is O=C(Nc1ccc(S(=O)(=O)N2CCOCC2)cc1)C(Cc1ccccc1)N1C(=O)c2ccccc2C1=O. The molecule has 1 atom stereocenters. The Kier molecular flexibility index (Phi) is 6.88. The molecule has 2 aliphatic heterocycles. The minimum absolute atomic E-state index is 0.105. The lowest BCUT2D eigenvalue weighted by atomic mass is 10.0. The van der Waals surface area contributed by atoms with Gasteiger partial charge in [-0.15, -0.1) is 0 Å². The molecule has 3 aromatic carbocycles. The van der Waals surface area contributed by atoms with Crippen molar-refractivity contribution in [3.8, 4) is 0 Å². The van der Waals surface area contributed by atoms with E-state index in [0.29, 0.717) is 18.9 Å². The number of imide groups is 1. The molecule has 2 heterocycles. The molecule has 0 bridgehead atoms. The normalized spacial score (nSPS) is 16.9. The Bertz CT molecular complexity index is 1400. The van der Waals surface area contributed by atoms with Gasteiger partial charge in [-0.2, -0.15) is 4.31 Å². The van der Waals surface area contributed by atoms with Crippen molar-refractivity contribution in [3.63, 3.8) is 0 Å². The molecule has 0 spiro atoms. The second kappa shape index (κ2) is 10.3. The van der Waals surface area contributed by atoms with E-state index in [4.69, 9.17) is 4.74 Å². The zero-order chi connectivity index (χ0) is 26.0. The molecule has 1 N–H and O–H groups in total. The second-order valence-electron chi connectivity index (χ2n) is 8.76. The van der Waals surface area contributed by atoms with Gasteiger partial charge < -0.3 is 10.1 Å². The van der Waals surface area contributed by atoms with Crippen molar-refractivity contribution in [2.45, 2.75) is 17.4 Å². The number of carbonyl (C=O) groups excluding carboxylic acids is 3. The fourth-order valence-electron chi connectivity index (χ4n) is 4.50. The number of ether oxygens (including phenoxy) is 1. The van der Waals surface area contributed by atoms with E-state index in [1.165, 1.54) is 28.6 Å². The summed E-state index contributed by atoms with van der Waals surface area (Å²) in [6.45, 7) is 1.24. The number of fused-ring (bicyclic) bond motifs is 1. The number of amides is 3. The van der Waals surface area contributed by atoms with Gasteiger partial charge in [0.25, 0.3) is 11.8 Å². The number of rotatable bonds is 7. The number of anilines is 1. The van der Waals surface area contributed by atoms with Crippen molar-refractivity contribution in [1.29, 1.82) is 0 Å². The topological polar surface area (TPSA) is 113 Å². The van der Waals surface area contributed by atoms with Crippen LogP contribution in [0.4, 0.5) is 5.69 Å². The van der Waals surface area contributed by atoms with Crippen molar-refractivity contribution in [2.24, 2.45) is 0 Å². The Morgan fingerprint density at radius 1 is 0.838 bits per heavy atom. The van der Waals surface area contributed by atoms with E-state index in [1.807, 2.05) is 30.3 Å². The number of nitrogens with one attached hydrogen (secondary N) is 1. The van der Waals surface area contributed by atoms with Gasteiger partial charge >= 0.3 is 0 Å². The minimum Gasteiger partial charge on any atom is -0.379 e. The van der Waals surface area contributed by atoms with E-state index in [2.05, 4.69) is 5.32 Å². The van der Waals surface area contributed by atoms with E-state index < -0.39 is 33.8 Å². The lowest BCUT2D eigenvalue weighted by Gasteiger charge is -2.26. The monoisotopic (exact) mass is 519 g/mol. The van der Waals surface area contributed by atoms with Gasteiger partial charge in [-0.3, -0.25) is 19.3 Å². The number of morpholine rings is 1. The Morgan fingerprint density at radius 3 is 2.00 bits per heavy atom. The van der Waals surface area contributed by atoms with Crippen molar-refractivity contribution in [2.75, 3.05) is 31.6 Å². The van der Waals surface area contributed by atoms with Gasteiger partial charge in [0.05, 0.1) is 29.2 Å². The molecule has 9 nitrogen and oxygen atoms in total. The lowest BCUT2D eigenvalue weighted by Crippen LogP contribution is -2.48. The second-order valence-corrected chi connectivity index (χ2v) is 10.7. The molecule has 1 fully saturated rings. The molecule has 1 unspecified atom stereocenters. The summed E-state index contributed by atoms with van der Waals surface area (Å²) >= 11 is 0. The van der Waals surface area contributed by atoms with Crippen LogP contribution in [0.3, 0.4) is 0 Å². The average Bonchev–Trinajstić information content (AvgIpc) is 3.18. The molecule has 1 saturated heterocycles. The first-order valence-corrected chi connectivity index (χ1v) is 13.3. The predicted molar refractivity (Wildman–Crippen MR) is 136 cm³/mol. The first-order valence-electron chi connectivity index (χ1n) is 11.9. The maximum Gasteiger partial charge on any atom is 0.262 e. The minimum atomic E-state index is -3.68. The molecule has 3 aromatic rings. The molecule has 190 valence electrons. The predicted octanol–water partition coefficient (Wildman–Crippen LogP) is 2.55. The smallest absolute Gasteiger partial charge is 0.262 e. The number of carbonyl (C=O) groups is 3. The summed E-state index contributed by atoms with van der Waals surface area (Å²) in [5.74, 6) is -1.60. The van der Waals surface area contributed by atoms with Gasteiger partial charge in [-0.25, -0.2) is 8.42 Å². The summed E-state index contributed by atoms with van der Waals surface area (Å²) in [7, 11) is -3.68. The lowest BCUT2D eigenvalue weighted by molar-refractivity contribution is -0.119. The van der Waals surface area contributed by atoms with Crippen molar-refractivity contribution < 1.29 is 27.5 Å². The third kappa shape index (κ3) is 4.91. The van der Waals surface area contributed by atoms with Gasteiger partial charge in [0, 0.05) is 25.2 Å².